The first-order chi connectivity index (χ1) is 15.1. The van der Waals surface area contributed by atoms with Crippen LogP contribution in [0.4, 0.5) is 9.93 Å². The van der Waals surface area contributed by atoms with E-state index in [1.54, 1.807) is 12.0 Å². The molecule has 2 aromatic rings. The van der Waals surface area contributed by atoms with Gasteiger partial charge >= 0.3 is 6.03 Å². The number of fused-ring (bicyclic) bond motifs is 1. The number of unbranched alkanes of at least 4 members (excludes halogenated alkanes) is 1. The number of nitrogens with one attached hydrogen (secondary N) is 2. The Morgan fingerprint density at radius 3 is 2.87 bits per heavy atom. The molecular formula is C20H27N5O5S. The van der Waals surface area contributed by atoms with Gasteiger partial charge in [-0.15, -0.1) is 10.2 Å². The van der Waals surface area contributed by atoms with Crippen LogP contribution in [0.15, 0.2) is 18.2 Å². The lowest BCUT2D eigenvalue weighted by molar-refractivity contribution is -0.116. The summed E-state index contributed by atoms with van der Waals surface area (Å²) in [6.07, 6.45) is 2.05. The van der Waals surface area contributed by atoms with Crippen molar-refractivity contribution < 1.29 is 23.8 Å². The number of rotatable bonds is 11. The highest BCUT2D eigenvalue weighted by Crippen LogP contribution is 2.37. The van der Waals surface area contributed by atoms with Gasteiger partial charge in [-0.05, 0) is 24.6 Å². The first-order valence-corrected chi connectivity index (χ1v) is 11.0. The summed E-state index contributed by atoms with van der Waals surface area (Å²) in [7, 11) is 1.58. The minimum Gasteiger partial charge on any atom is -0.454 e. The summed E-state index contributed by atoms with van der Waals surface area (Å²) in [5.41, 5.74) is 0.830. The number of hydrogen-bond donors (Lipinski definition) is 2. The summed E-state index contributed by atoms with van der Waals surface area (Å²) in [4.78, 5) is 26.3. The molecule has 0 saturated carbocycles. The number of amides is 3. The van der Waals surface area contributed by atoms with Gasteiger partial charge in [-0.3, -0.25) is 4.79 Å². The highest BCUT2D eigenvalue weighted by atomic mass is 32.1. The summed E-state index contributed by atoms with van der Waals surface area (Å²) < 4.78 is 15.8. The van der Waals surface area contributed by atoms with Gasteiger partial charge in [0, 0.05) is 38.7 Å². The molecule has 11 heteroatoms. The summed E-state index contributed by atoms with van der Waals surface area (Å²) in [6, 6.07) is 5.32. The van der Waals surface area contributed by atoms with Crippen molar-refractivity contribution in [3.63, 3.8) is 0 Å². The van der Waals surface area contributed by atoms with E-state index in [1.165, 1.54) is 11.3 Å². The summed E-state index contributed by atoms with van der Waals surface area (Å²) in [5, 5.41) is 14.8. The van der Waals surface area contributed by atoms with Crippen molar-refractivity contribution in [1.82, 2.24) is 20.4 Å². The number of ether oxygens (including phenoxy) is 3. The van der Waals surface area contributed by atoms with E-state index in [0.717, 1.165) is 18.4 Å². The molecule has 1 aromatic carbocycles. The Hall–Kier alpha value is -2.92. The van der Waals surface area contributed by atoms with Crippen LogP contribution in [0.25, 0.3) is 10.6 Å². The van der Waals surface area contributed by atoms with Crippen molar-refractivity contribution in [2.75, 3.05) is 45.5 Å². The number of urea groups is 1. The van der Waals surface area contributed by atoms with Gasteiger partial charge in [-0.25, -0.2) is 4.79 Å². The summed E-state index contributed by atoms with van der Waals surface area (Å²) in [6.45, 7) is 3.96. The largest absolute Gasteiger partial charge is 0.454 e. The average Bonchev–Trinajstić information content (AvgIpc) is 3.42. The zero-order chi connectivity index (χ0) is 22.1. The molecule has 2 N–H and O–H groups in total. The molecule has 0 spiro atoms. The molecule has 1 aromatic heterocycles. The molecule has 1 aliphatic heterocycles. The standard InChI is InChI=1S/C20H27N5O5S/c1-3-4-8-21-20(27)25(10-11-28-2)9-7-17(26)22-19-24-23-18(31-19)14-5-6-15-16(12-14)30-13-29-15/h5-6,12H,3-4,7-11,13H2,1-2H3,(H,21,27)(H,22,24,26). The molecule has 168 valence electrons. The normalized spacial score (nSPS) is 11.9. The lowest BCUT2D eigenvalue weighted by Gasteiger charge is -2.22. The fourth-order valence-corrected chi connectivity index (χ4v) is 3.59. The molecule has 0 radical (unpaired) electrons. The van der Waals surface area contributed by atoms with E-state index in [2.05, 4.69) is 27.8 Å². The Morgan fingerprint density at radius 2 is 2.06 bits per heavy atom. The van der Waals surface area contributed by atoms with Gasteiger partial charge in [-0.2, -0.15) is 0 Å². The molecule has 0 unspecified atom stereocenters. The zero-order valence-corrected chi connectivity index (χ0v) is 18.5. The predicted octanol–water partition coefficient (Wildman–Crippen LogP) is 2.72. The number of aromatic nitrogens is 2. The van der Waals surface area contributed by atoms with E-state index in [-0.39, 0.29) is 31.7 Å². The van der Waals surface area contributed by atoms with E-state index in [0.29, 0.717) is 41.3 Å². The molecule has 0 bridgehead atoms. The first-order valence-electron chi connectivity index (χ1n) is 10.2. The topological polar surface area (TPSA) is 115 Å². The highest BCUT2D eigenvalue weighted by molar-refractivity contribution is 7.18. The second-order valence-corrected chi connectivity index (χ2v) is 7.82. The van der Waals surface area contributed by atoms with E-state index < -0.39 is 0 Å². The van der Waals surface area contributed by atoms with Crippen molar-refractivity contribution in [1.29, 1.82) is 0 Å². The Bertz CT molecular complexity index is 891. The number of hydrogen-bond acceptors (Lipinski definition) is 8. The van der Waals surface area contributed by atoms with E-state index >= 15 is 0 Å². The molecule has 31 heavy (non-hydrogen) atoms. The summed E-state index contributed by atoms with van der Waals surface area (Å²) >= 11 is 1.26. The molecule has 0 aliphatic carbocycles. The lowest BCUT2D eigenvalue weighted by atomic mass is 10.2. The van der Waals surface area contributed by atoms with Gasteiger partial charge in [0.05, 0.1) is 6.61 Å². The first kappa shape index (κ1) is 22.8. The van der Waals surface area contributed by atoms with Gasteiger partial charge < -0.3 is 29.7 Å². The molecule has 1 aliphatic rings. The number of benzene rings is 1. The number of carbonyl (C=O) groups is 2. The fourth-order valence-electron chi connectivity index (χ4n) is 2.84. The van der Waals surface area contributed by atoms with Crippen LogP contribution < -0.4 is 20.1 Å². The van der Waals surface area contributed by atoms with E-state index in [4.69, 9.17) is 14.2 Å². The molecule has 0 atom stereocenters. The smallest absolute Gasteiger partial charge is 0.317 e. The number of carbonyl (C=O) groups excluding carboxylic acids is 2. The van der Waals surface area contributed by atoms with Crippen molar-refractivity contribution in [2.45, 2.75) is 26.2 Å². The number of anilines is 1. The second-order valence-electron chi connectivity index (χ2n) is 6.84. The molecule has 0 saturated heterocycles. The number of methoxy groups -OCH3 is 1. The number of nitrogens with zero attached hydrogens (tertiary/aromatic N) is 3. The van der Waals surface area contributed by atoms with Crippen molar-refractivity contribution in [2.24, 2.45) is 0 Å². The van der Waals surface area contributed by atoms with Crippen LogP contribution in [-0.2, 0) is 9.53 Å². The average molecular weight is 450 g/mol. The van der Waals surface area contributed by atoms with Crippen LogP contribution in [0.3, 0.4) is 0 Å². The van der Waals surface area contributed by atoms with Gasteiger partial charge in [0.1, 0.15) is 5.01 Å². The zero-order valence-electron chi connectivity index (χ0n) is 17.7. The predicted molar refractivity (Wildman–Crippen MR) is 116 cm³/mol. The lowest BCUT2D eigenvalue weighted by Crippen LogP contribution is -2.43. The van der Waals surface area contributed by atoms with Crippen molar-refractivity contribution >= 4 is 28.4 Å². The Labute approximate surface area is 184 Å². The van der Waals surface area contributed by atoms with Gasteiger partial charge in [-0.1, -0.05) is 24.7 Å². The molecule has 3 rings (SSSR count). The molecular weight excluding hydrogens is 422 g/mol. The third-order valence-corrected chi connectivity index (χ3v) is 5.45. The van der Waals surface area contributed by atoms with Crippen molar-refractivity contribution in [3.05, 3.63) is 18.2 Å². The van der Waals surface area contributed by atoms with Gasteiger partial charge in [0.15, 0.2) is 11.5 Å². The summed E-state index contributed by atoms with van der Waals surface area (Å²) in [5.74, 6) is 1.11. The minimum absolute atomic E-state index is 0.143. The second kappa shape index (κ2) is 11.5. The van der Waals surface area contributed by atoms with Crippen LogP contribution in [0.1, 0.15) is 26.2 Å². The third-order valence-electron chi connectivity index (χ3n) is 4.56. The van der Waals surface area contributed by atoms with Crippen LogP contribution in [0, 0.1) is 0 Å². The molecule has 2 heterocycles. The maximum Gasteiger partial charge on any atom is 0.317 e. The van der Waals surface area contributed by atoms with Crippen LogP contribution in [0.5, 0.6) is 11.5 Å². The maximum atomic E-state index is 12.4. The Kier molecular flexibility index (Phi) is 8.42. The molecule has 0 fully saturated rings. The minimum atomic E-state index is -0.239. The van der Waals surface area contributed by atoms with E-state index in [9.17, 15) is 9.59 Å². The fraction of sp³-hybridized carbons (Fsp3) is 0.500. The molecule has 3 amide bonds. The van der Waals surface area contributed by atoms with Crippen molar-refractivity contribution in [3.8, 4) is 22.1 Å². The third kappa shape index (κ3) is 6.53. The van der Waals surface area contributed by atoms with Gasteiger partial charge in [0.25, 0.3) is 0 Å². The SMILES string of the molecule is CCCCNC(=O)N(CCOC)CCC(=O)Nc1nnc(-c2ccc3c(c2)OCO3)s1. The van der Waals surface area contributed by atoms with Crippen LogP contribution in [-0.4, -0.2) is 67.2 Å². The maximum absolute atomic E-state index is 12.4. The van der Waals surface area contributed by atoms with Crippen LogP contribution in [0.2, 0.25) is 0 Å². The monoisotopic (exact) mass is 449 g/mol. The van der Waals surface area contributed by atoms with E-state index in [1.807, 2.05) is 18.2 Å². The highest BCUT2D eigenvalue weighted by Gasteiger charge is 2.18. The molecule has 10 nitrogen and oxygen atoms in total. The Morgan fingerprint density at radius 1 is 1.23 bits per heavy atom. The quantitative estimate of drug-likeness (QED) is 0.507. The van der Waals surface area contributed by atoms with Crippen LogP contribution >= 0.6 is 11.3 Å². The van der Waals surface area contributed by atoms with Gasteiger partial charge in [0.2, 0.25) is 17.8 Å². The Balaban J connectivity index is 1.52.